The Morgan fingerprint density at radius 2 is 1.75 bits per heavy atom. The molecule has 0 fully saturated rings. The molecule has 3 rings (SSSR count). The maximum Gasteiger partial charge on any atom is 0.342 e. The highest BCUT2D eigenvalue weighted by Crippen LogP contribution is 2.22. The van der Waals surface area contributed by atoms with Gasteiger partial charge in [-0.3, -0.25) is 4.79 Å². The van der Waals surface area contributed by atoms with Crippen LogP contribution in [0.25, 0.3) is 0 Å². The fourth-order valence-corrected chi connectivity index (χ4v) is 3.09. The first-order chi connectivity index (χ1) is 15.5. The van der Waals surface area contributed by atoms with E-state index in [9.17, 15) is 9.59 Å². The molecule has 0 aliphatic heterocycles. The summed E-state index contributed by atoms with van der Waals surface area (Å²) in [6.45, 7) is 4.07. The SMILES string of the molecule is CCOc1ccc(Nc2ncccc2C(=O)OCC(=O)N(C)C(C)c2ccccc2)cc1. The quantitative estimate of drug-likeness (QED) is 0.497. The topological polar surface area (TPSA) is 80.8 Å². The van der Waals surface area contributed by atoms with Crippen molar-refractivity contribution in [2.45, 2.75) is 19.9 Å². The summed E-state index contributed by atoms with van der Waals surface area (Å²) in [7, 11) is 1.69. The van der Waals surface area contributed by atoms with Crippen LogP contribution in [0.5, 0.6) is 5.75 Å². The molecule has 1 amide bonds. The van der Waals surface area contributed by atoms with Crippen molar-refractivity contribution >= 4 is 23.4 Å². The average molecular weight is 434 g/mol. The summed E-state index contributed by atoms with van der Waals surface area (Å²) in [4.78, 5) is 31.0. The zero-order valence-electron chi connectivity index (χ0n) is 18.4. The molecule has 2 aromatic carbocycles. The lowest BCUT2D eigenvalue weighted by molar-refractivity contribution is -0.135. The molecular weight excluding hydrogens is 406 g/mol. The molecule has 0 radical (unpaired) electrons. The molecule has 0 bridgehead atoms. The smallest absolute Gasteiger partial charge is 0.342 e. The molecule has 0 aliphatic carbocycles. The van der Waals surface area contributed by atoms with Crippen molar-refractivity contribution in [2.24, 2.45) is 0 Å². The largest absolute Gasteiger partial charge is 0.494 e. The van der Waals surface area contributed by atoms with Gasteiger partial charge in [-0.25, -0.2) is 9.78 Å². The Morgan fingerprint density at radius 1 is 1.03 bits per heavy atom. The summed E-state index contributed by atoms with van der Waals surface area (Å²) >= 11 is 0. The van der Waals surface area contributed by atoms with Crippen LogP contribution in [-0.2, 0) is 9.53 Å². The lowest BCUT2D eigenvalue weighted by atomic mass is 10.1. The molecular formula is C25H27N3O4. The van der Waals surface area contributed by atoms with Crippen LogP contribution >= 0.6 is 0 Å². The number of hydrogen-bond donors (Lipinski definition) is 1. The van der Waals surface area contributed by atoms with E-state index in [1.165, 1.54) is 0 Å². The number of aromatic nitrogens is 1. The monoisotopic (exact) mass is 433 g/mol. The first-order valence-electron chi connectivity index (χ1n) is 10.4. The number of anilines is 2. The van der Waals surface area contributed by atoms with Crippen LogP contribution in [-0.4, -0.2) is 42.0 Å². The number of carbonyl (C=O) groups is 2. The third kappa shape index (κ3) is 5.85. The van der Waals surface area contributed by atoms with Gasteiger partial charge in [0.2, 0.25) is 0 Å². The van der Waals surface area contributed by atoms with Gasteiger partial charge in [0, 0.05) is 18.9 Å². The number of ether oxygens (including phenoxy) is 2. The lowest BCUT2D eigenvalue weighted by Gasteiger charge is -2.25. The molecule has 0 spiro atoms. The van der Waals surface area contributed by atoms with Gasteiger partial charge in [0.15, 0.2) is 6.61 Å². The fraction of sp³-hybridized carbons (Fsp3) is 0.240. The van der Waals surface area contributed by atoms with Crippen molar-refractivity contribution in [3.05, 3.63) is 84.1 Å². The lowest BCUT2D eigenvalue weighted by Crippen LogP contribution is -2.33. The van der Waals surface area contributed by atoms with E-state index >= 15 is 0 Å². The molecule has 3 aromatic rings. The van der Waals surface area contributed by atoms with Gasteiger partial charge in [0.1, 0.15) is 17.1 Å². The molecule has 1 atom stereocenters. The molecule has 1 aromatic heterocycles. The average Bonchev–Trinajstić information content (AvgIpc) is 2.83. The van der Waals surface area contributed by atoms with Crippen molar-refractivity contribution in [1.29, 1.82) is 0 Å². The van der Waals surface area contributed by atoms with Crippen LogP contribution in [0.3, 0.4) is 0 Å². The van der Waals surface area contributed by atoms with Crippen LogP contribution < -0.4 is 10.1 Å². The number of esters is 1. The molecule has 1 unspecified atom stereocenters. The van der Waals surface area contributed by atoms with E-state index in [-0.39, 0.29) is 24.1 Å². The summed E-state index contributed by atoms with van der Waals surface area (Å²) in [5, 5.41) is 3.11. The number of hydrogen-bond acceptors (Lipinski definition) is 6. The van der Waals surface area contributed by atoms with Crippen molar-refractivity contribution in [3.63, 3.8) is 0 Å². The number of likely N-dealkylation sites (N-methyl/N-ethyl adjacent to an activating group) is 1. The number of nitrogens with one attached hydrogen (secondary N) is 1. The minimum atomic E-state index is -0.624. The van der Waals surface area contributed by atoms with Crippen LogP contribution in [0.1, 0.15) is 35.8 Å². The highest BCUT2D eigenvalue weighted by molar-refractivity contribution is 5.96. The molecule has 1 heterocycles. The van der Waals surface area contributed by atoms with E-state index in [2.05, 4.69) is 10.3 Å². The van der Waals surface area contributed by atoms with E-state index in [0.29, 0.717) is 12.4 Å². The van der Waals surface area contributed by atoms with E-state index in [1.54, 1.807) is 30.3 Å². The van der Waals surface area contributed by atoms with E-state index in [1.807, 2.05) is 68.4 Å². The number of rotatable bonds is 9. The summed E-state index contributed by atoms with van der Waals surface area (Å²) in [5.41, 5.74) is 1.99. The predicted molar refractivity (Wildman–Crippen MR) is 123 cm³/mol. The van der Waals surface area contributed by atoms with Gasteiger partial charge in [-0.05, 0) is 55.8 Å². The zero-order valence-corrected chi connectivity index (χ0v) is 18.4. The van der Waals surface area contributed by atoms with E-state index in [4.69, 9.17) is 9.47 Å². The number of carbonyl (C=O) groups excluding carboxylic acids is 2. The van der Waals surface area contributed by atoms with E-state index < -0.39 is 5.97 Å². The number of pyridine rings is 1. The normalized spacial score (nSPS) is 11.3. The fourth-order valence-electron chi connectivity index (χ4n) is 3.09. The van der Waals surface area contributed by atoms with Crippen LogP contribution in [0.4, 0.5) is 11.5 Å². The molecule has 0 aliphatic rings. The van der Waals surface area contributed by atoms with Crippen molar-refractivity contribution in [3.8, 4) is 5.75 Å². The highest BCUT2D eigenvalue weighted by Gasteiger charge is 2.20. The van der Waals surface area contributed by atoms with Crippen molar-refractivity contribution in [2.75, 3.05) is 25.6 Å². The second-order valence-electron chi connectivity index (χ2n) is 7.15. The Kier molecular flexibility index (Phi) is 7.80. The summed E-state index contributed by atoms with van der Waals surface area (Å²) in [5.74, 6) is 0.187. The van der Waals surface area contributed by atoms with Gasteiger partial charge in [0.25, 0.3) is 5.91 Å². The van der Waals surface area contributed by atoms with Crippen LogP contribution in [0, 0.1) is 0 Å². The molecule has 7 nitrogen and oxygen atoms in total. The predicted octanol–water partition coefficient (Wildman–Crippen LogP) is 4.60. The zero-order chi connectivity index (χ0) is 22.9. The summed E-state index contributed by atoms with van der Waals surface area (Å²) < 4.78 is 10.7. The number of nitrogens with zero attached hydrogens (tertiary/aromatic N) is 2. The third-order valence-corrected chi connectivity index (χ3v) is 5.04. The Morgan fingerprint density at radius 3 is 2.44 bits per heavy atom. The molecule has 0 saturated carbocycles. The maximum absolute atomic E-state index is 12.7. The Bertz CT molecular complexity index is 1040. The van der Waals surface area contributed by atoms with Crippen molar-refractivity contribution < 1.29 is 19.1 Å². The van der Waals surface area contributed by atoms with Gasteiger partial charge >= 0.3 is 5.97 Å². The summed E-state index contributed by atoms with van der Waals surface area (Å²) in [6, 6.07) is 20.1. The Labute approximate surface area is 188 Å². The molecule has 166 valence electrons. The molecule has 32 heavy (non-hydrogen) atoms. The highest BCUT2D eigenvalue weighted by atomic mass is 16.5. The Balaban J connectivity index is 1.62. The Hall–Kier alpha value is -3.87. The van der Waals surface area contributed by atoms with Gasteiger partial charge in [-0.1, -0.05) is 30.3 Å². The second kappa shape index (κ2) is 10.9. The summed E-state index contributed by atoms with van der Waals surface area (Å²) in [6.07, 6.45) is 1.58. The van der Waals surface area contributed by atoms with Gasteiger partial charge < -0.3 is 19.7 Å². The first-order valence-corrected chi connectivity index (χ1v) is 10.4. The maximum atomic E-state index is 12.7. The van der Waals surface area contributed by atoms with Crippen LogP contribution in [0.15, 0.2) is 72.9 Å². The first kappa shape index (κ1) is 22.8. The minimum Gasteiger partial charge on any atom is -0.494 e. The van der Waals surface area contributed by atoms with Gasteiger partial charge in [-0.2, -0.15) is 0 Å². The number of benzene rings is 2. The van der Waals surface area contributed by atoms with Gasteiger partial charge in [-0.15, -0.1) is 0 Å². The van der Waals surface area contributed by atoms with Gasteiger partial charge in [0.05, 0.1) is 12.6 Å². The number of amides is 1. The minimum absolute atomic E-state index is 0.141. The second-order valence-corrected chi connectivity index (χ2v) is 7.15. The third-order valence-electron chi connectivity index (χ3n) is 5.04. The standard InChI is InChI=1S/C25H27N3O4/c1-4-31-21-14-12-20(13-15-21)27-24-22(11-8-16-26-24)25(30)32-17-23(29)28(3)18(2)19-9-6-5-7-10-19/h5-16,18H,4,17H2,1-3H3,(H,26,27). The molecule has 0 saturated heterocycles. The molecule has 1 N–H and O–H groups in total. The van der Waals surface area contributed by atoms with E-state index in [0.717, 1.165) is 17.0 Å². The van der Waals surface area contributed by atoms with Crippen molar-refractivity contribution in [1.82, 2.24) is 9.88 Å². The molecule has 7 heteroatoms. The van der Waals surface area contributed by atoms with Crippen LogP contribution in [0.2, 0.25) is 0 Å².